The molecule has 0 radical (unpaired) electrons. The number of carbonyl (C=O) groups excluding carboxylic acids is 1. The quantitative estimate of drug-likeness (QED) is 0.671. The van der Waals surface area contributed by atoms with Gasteiger partial charge in [-0.3, -0.25) is 4.79 Å². The predicted molar refractivity (Wildman–Crippen MR) is 65.7 cm³/mol. The second-order valence-electron chi connectivity index (χ2n) is 4.19. The van der Waals surface area contributed by atoms with Crippen LogP contribution in [0.5, 0.6) is 0 Å². The highest BCUT2D eigenvalue weighted by Gasteiger charge is 2.17. The molecule has 0 aliphatic carbocycles. The summed E-state index contributed by atoms with van der Waals surface area (Å²) in [4.78, 5) is 10.9. The Hall–Kier alpha value is -1.23. The summed E-state index contributed by atoms with van der Waals surface area (Å²) in [5.41, 5.74) is 1.57. The molecule has 1 rings (SSSR count). The third kappa shape index (κ3) is 4.26. The number of likely N-dealkylation sites (N-methyl/N-ethyl adjacent to an activating group) is 1. The van der Waals surface area contributed by atoms with Crippen molar-refractivity contribution in [1.82, 2.24) is 5.32 Å². The molecule has 0 aliphatic heterocycles. The molecule has 2 atom stereocenters. The van der Waals surface area contributed by atoms with Crippen LogP contribution in [0.1, 0.15) is 24.2 Å². The fourth-order valence-corrected chi connectivity index (χ4v) is 1.66. The van der Waals surface area contributed by atoms with E-state index in [0.717, 1.165) is 5.56 Å². The molecular weight excluding hydrogens is 218 g/mol. The van der Waals surface area contributed by atoms with Crippen molar-refractivity contribution in [2.75, 3.05) is 13.6 Å². The summed E-state index contributed by atoms with van der Waals surface area (Å²) in [7, 11) is 1.71. The first-order chi connectivity index (χ1) is 8.04. The summed E-state index contributed by atoms with van der Waals surface area (Å²) in [6.07, 6.45) is -1.34. The third-order valence-corrected chi connectivity index (χ3v) is 2.55. The monoisotopic (exact) mass is 237 g/mol. The van der Waals surface area contributed by atoms with Gasteiger partial charge in [0.1, 0.15) is 11.9 Å². The van der Waals surface area contributed by atoms with Crippen molar-refractivity contribution in [3.63, 3.8) is 0 Å². The summed E-state index contributed by atoms with van der Waals surface area (Å²) in [5.74, 6) is 0.105. The van der Waals surface area contributed by atoms with E-state index in [-0.39, 0.29) is 5.78 Å². The fraction of sp³-hybridized carbons (Fsp3) is 0.462. The second kappa shape index (κ2) is 6.49. The normalized spacial score (nSPS) is 14.4. The highest BCUT2D eigenvalue weighted by molar-refractivity contribution is 5.78. The highest BCUT2D eigenvalue weighted by Crippen LogP contribution is 2.17. The third-order valence-electron chi connectivity index (χ3n) is 2.55. The van der Waals surface area contributed by atoms with E-state index >= 15 is 0 Å². The standard InChI is InChI=1S/C13H19NO3/c1-9(15)7-10-3-5-11(6-4-10)13(17)12(16)8-14-2/h3-6,12-14,16-17H,7-8H2,1-2H3. The smallest absolute Gasteiger partial charge is 0.134 e. The van der Waals surface area contributed by atoms with E-state index in [4.69, 9.17) is 0 Å². The zero-order valence-corrected chi connectivity index (χ0v) is 10.2. The molecule has 0 bridgehead atoms. The van der Waals surface area contributed by atoms with Crippen LogP contribution < -0.4 is 5.32 Å². The van der Waals surface area contributed by atoms with Crippen LogP contribution in [0.2, 0.25) is 0 Å². The Balaban J connectivity index is 2.69. The van der Waals surface area contributed by atoms with Gasteiger partial charge >= 0.3 is 0 Å². The molecule has 0 aromatic heterocycles. The molecule has 3 N–H and O–H groups in total. The minimum atomic E-state index is -0.908. The van der Waals surface area contributed by atoms with Gasteiger partial charge in [-0.1, -0.05) is 24.3 Å². The SMILES string of the molecule is CNCC(O)C(O)c1ccc(CC(C)=O)cc1. The number of rotatable bonds is 6. The Morgan fingerprint density at radius 2 is 1.88 bits per heavy atom. The lowest BCUT2D eigenvalue weighted by Crippen LogP contribution is -2.29. The number of hydrogen-bond acceptors (Lipinski definition) is 4. The molecule has 17 heavy (non-hydrogen) atoms. The lowest BCUT2D eigenvalue weighted by molar-refractivity contribution is -0.116. The van der Waals surface area contributed by atoms with E-state index in [1.54, 1.807) is 38.2 Å². The van der Waals surface area contributed by atoms with Gasteiger partial charge in [0.15, 0.2) is 0 Å². The molecule has 0 saturated carbocycles. The molecule has 1 aromatic carbocycles. The van der Waals surface area contributed by atoms with Crippen LogP contribution in [0.4, 0.5) is 0 Å². The molecule has 0 aliphatic rings. The molecule has 4 nitrogen and oxygen atoms in total. The van der Waals surface area contributed by atoms with Gasteiger partial charge in [0, 0.05) is 13.0 Å². The molecular formula is C13H19NO3. The predicted octanol–water partition coefficient (Wildman–Crippen LogP) is 0.432. The summed E-state index contributed by atoms with van der Waals surface area (Å²) < 4.78 is 0. The van der Waals surface area contributed by atoms with Gasteiger partial charge in [0.2, 0.25) is 0 Å². The number of Topliss-reactive ketones (excluding diaryl/α,β-unsaturated/α-hetero) is 1. The van der Waals surface area contributed by atoms with Gasteiger partial charge in [0.05, 0.1) is 6.10 Å². The van der Waals surface area contributed by atoms with Crippen LogP contribution in [0.15, 0.2) is 24.3 Å². The first-order valence-electron chi connectivity index (χ1n) is 5.63. The van der Waals surface area contributed by atoms with Gasteiger partial charge in [-0.15, -0.1) is 0 Å². The summed E-state index contributed by atoms with van der Waals surface area (Å²) in [5, 5.41) is 22.3. The Labute approximate surface area is 101 Å². The van der Waals surface area contributed by atoms with Crippen molar-refractivity contribution in [3.8, 4) is 0 Å². The van der Waals surface area contributed by atoms with Crippen LogP contribution >= 0.6 is 0 Å². The second-order valence-corrected chi connectivity index (χ2v) is 4.19. The van der Waals surface area contributed by atoms with Gasteiger partial charge in [0.25, 0.3) is 0 Å². The Kier molecular flexibility index (Phi) is 5.28. The van der Waals surface area contributed by atoms with Crippen LogP contribution in [-0.4, -0.2) is 35.7 Å². The van der Waals surface area contributed by atoms with Crippen LogP contribution in [0, 0.1) is 0 Å². The molecule has 0 spiro atoms. The molecule has 0 heterocycles. The van der Waals surface area contributed by atoms with E-state index in [2.05, 4.69) is 5.32 Å². The molecule has 0 saturated heterocycles. The van der Waals surface area contributed by atoms with E-state index in [0.29, 0.717) is 18.5 Å². The Morgan fingerprint density at radius 3 is 2.35 bits per heavy atom. The zero-order valence-electron chi connectivity index (χ0n) is 10.2. The highest BCUT2D eigenvalue weighted by atomic mass is 16.3. The van der Waals surface area contributed by atoms with E-state index < -0.39 is 12.2 Å². The van der Waals surface area contributed by atoms with Crippen LogP contribution in [-0.2, 0) is 11.2 Å². The fourth-order valence-electron chi connectivity index (χ4n) is 1.66. The number of nitrogens with one attached hydrogen (secondary N) is 1. The van der Waals surface area contributed by atoms with Gasteiger partial charge in [-0.25, -0.2) is 0 Å². The summed E-state index contributed by atoms with van der Waals surface area (Å²) in [6, 6.07) is 7.07. The molecule has 0 amide bonds. The van der Waals surface area contributed by atoms with E-state index in [1.165, 1.54) is 0 Å². The maximum atomic E-state index is 10.9. The van der Waals surface area contributed by atoms with Crippen molar-refractivity contribution in [1.29, 1.82) is 0 Å². The number of carbonyl (C=O) groups is 1. The minimum Gasteiger partial charge on any atom is -0.389 e. The number of aliphatic hydroxyl groups excluding tert-OH is 2. The number of aliphatic hydroxyl groups is 2. The molecule has 4 heteroatoms. The molecule has 1 aromatic rings. The number of benzene rings is 1. The largest absolute Gasteiger partial charge is 0.389 e. The number of ketones is 1. The average Bonchev–Trinajstić information content (AvgIpc) is 2.28. The van der Waals surface area contributed by atoms with Crippen molar-refractivity contribution < 1.29 is 15.0 Å². The minimum absolute atomic E-state index is 0.105. The average molecular weight is 237 g/mol. The lowest BCUT2D eigenvalue weighted by Gasteiger charge is -2.17. The van der Waals surface area contributed by atoms with Crippen LogP contribution in [0.3, 0.4) is 0 Å². The topological polar surface area (TPSA) is 69.6 Å². The zero-order chi connectivity index (χ0) is 12.8. The lowest BCUT2D eigenvalue weighted by atomic mass is 10.0. The maximum absolute atomic E-state index is 10.9. The summed E-state index contributed by atoms with van der Waals surface area (Å²) >= 11 is 0. The number of hydrogen-bond donors (Lipinski definition) is 3. The Bertz CT molecular complexity index is 361. The molecule has 0 fully saturated rings. The Morgan fingerprint density at radius 1 is 1.29 bits per heavy atom. The van der Waals surface area contributed by atoms with Gasteiger partial charge in [-0.05, 0) is 25.1 Å². The van der Waals surface area contributed by atoms with Crippen LogP contribution in [0.25, 0.3) is 0 Å². The van der Waals surface area contributed by atoms with Crippen molar-refractivity contribution in [2.24, 2.45) is 0 Å². The maximum Gasteiger partial charge on any atom is 0.134 e. The summed E-state index contributed by atoms with van der Waals surface area (Å²) in [6.45, 7) is 1.87. The molecule has 94 valence electrons. The first kappa shape index (κ1) is 13.8. The first-order valence-corrected chi connectivity index (χ1v) is 5.63. The van der Waals surface area contributed by atoms with E-state index in [1.807, 2.05) is 0 Å². The van der Waals surface area contributed by atoms with Crippen molar-refractivity contribution in [3.05, 3.63) is 35.4 Å². The van der Waals surface area contributed by atoms with Crippen molar-refractivity contribution in [2.45, 2.75) is 25.6 Å². The van der Waals surface area contributed by atoms with Gasteiger partial charge in [-0.2, -0.15) is 0 Å². The van der Waals surface area contributed by atoms with Gasteiger partial charge < -0.3 is 15.5 Å². The van der Waals surface area contributed by atoms with Crippen molar-refractivity contribution >= 4 is 5.78 Å². The molecule has 2 unspecified atom stereocenters. The van der Waals surface area contributed by atoms with E-state index in [9.17, 15) is 15.0 Å².